The van der Waals surface area contributed by atoms with Crippen LogP contribution in [0.3, 0.4) is 0 Å². The number of carbonyl (C=O) groups excluding carboxylic acids is 1. The largest absolute Gasteiger partial charge is 0.379 e. The molecule has 1 aliphatic rings. The highest BCUT2D eigenvalue weighted by Crippen LogP contribution is 2.25. The molecule has 2 heterocycles. The summed E-state index contributed by atoms with van der Waals surface area (Å²) >= 11 is 3.96. The minimum Gasteiger partial charge on any atom is -0.379 e. The van der Waals surface area contributed by atoms with Crippen molar-refractivity contribution in [2.45, 2.75) is 6.04 Å². The van der Waals surface area contributed by atoms with Crippen LogP contribution < -0.4 is 5.32 Å². The average Bonchev–Trinajstić information content (AvgIpc) is 3.10. The monoisotopic (exact) mass is 442 g/mol. The number of nitrogens with zero attached hydrogens (tertiary/aromatic N) is 1. The Labute approximate surface area is 154 Å². The van der Waals surface area contributed by atoms with Gasteiger partial charge in [0.25, 0.3) is 5.91 Å². The minimum atomic E-state index is -0.0154. The molecule has 6 heteroatoms. The molecule has 0 saturated carbocycles. The molecular weight excluding hydrogens is 423 g/mol. The molecule has 1 atom stereocenters. The van der Waals surface area contributed by atoms with E-state index in [4.69, 9.17) is 4.74 Å². The van der Waals surface area contributed by atoms with Crippen LogP contribution in [-0.2, 0) is 4.74 Å². The van der Waals surface area contributed by atoms with Crippen molar-refractivity contribution in [2.75, 3.05) is 32.8 Å². The molecule has 3 rings (SSSR count). The van der Waals surface area contributed by atoms with E-state index < -0.39 is 0 Å². The topological polar surface area (TPSA) is 41.6 Å². The van der Waals surface area contributed by atoms with Crippen LogP contribution in [0.2, 0.25) is 0 Å². The zero-order valence-electron chi connectivity index (χ0n) is 12.7. The molecule has 0 radical (unpaired) electrons. The molecule has 1 N–H and O–H groups in total. The molecule has 1 aromatic carbocycles. The molecular formula is C17H19IN2O2S. The Morgan fingerprint density at radius 2 is 2.13 bits per heavy atom. The minimum absolute atomic E-state index is 0.0154. The summed E-state index contributed by atoms with van der Waals surface area (Å²) in [5.41, 5.74) is 0.712. The highest BCUT2D eigenvalue weighted by molar-refractivity contribution is 14.1. The lowest BCUT2D eigenvalue weighted by Gasteiger charge is -2.34. The van der Waals surface area contributed by atoms with Crippen molar-refractivity contribution in [3.63, 3.8) is 0 Å². The Hall–Kier alpha value is -0.960. The second-order valence-corrected chi connectivity index (χ2v) is 7.62. The number of carbonyl (C=O) groups is 1. The maximum Gasteiger partial charge on any atom is 0.251 e. The Kier molecular flexibility index (Phi) is 6.04. The number of morpholine rings is 1. The molecule has 1 aliphatic heterocycles. The molecule has 0 spiro atoms. The first-order valence-corrected chi connectivity index (χ1v) is 9.59. The third-order valence-corrected chi connectivity index (χ3v) is 5.55. The molecule has 1 saturated heterocycles. The van der Waals surface area contributed by atoms with E-state index in [1.54, 1.807) is 11.3 Å². The maximum atomic E-state index is 12.4. The predicted molar refractivity (Wildman–Crippen MR) is 101 cm³/mol. The van der Waals surface area contributed by atoms with Gasteiger partial charge in [-0.2, -0.15) is 0 Å². The van der Waals surface area contributed by atoms with Crippen LogP contribution in [0, 0.1) is 3.57 Å². The van der Waals surface area contributed by atoms with Gasteiger partial charge in [0, 0.05) is 33.6 Å². The summed E-state index contributed by atoms with van der Waals surface area (Å²) in [7, 11) is 0. The normalized spacial score (nSPS) is 16.9. The van der Waals surface area contributed by atoms with Crippen molar-refractivity contribution < 1.29 is 9.53 Å². The van der Waals surface area contributed by atoms with Gasteiger partial charge in [-0.3, -0.25) is 9.69 Å². The van der Waals surface area contributed by atoms with Gasteiger partial charge < -0.3 is 10.1 Å². The standard InChI is InChI=1S/C17H19IN2O2S/c18-14-4-1-3-13(11-14)17(21)19-12-15(16-5-2-10-23-16)20-6-8-22-9-7-20/h1-5,10-11,15H,6-9,12H2,(H,19,21)/t15-/m1/s1. The second-order valence-electron chi connectivity index (χ2n) is 5.40. The van der Waals surface area contributed by atoms with E-state index in [1.807, 2.05) is 24.3 Å². The highest BCUT2D eigenvalue weighted by Gasteiger charge is 2.24. The van der Waals surface area contributed by atoms with Gasteiger partial charge in [0.2, 0.25) is 0 Å². The fraction of sp³-hybridized carbons (Fsp3) is 0.353. The van der Waals surface area contributed by atoms with E-state index in [2.05, 4.69) is 50.3 Å². The van der Waals surface area contributed by atoms with E-state index >= 15 is 0 Å². The lowest BCUT2D eigenvalue weighted by atomic mass is 10.1. The fourth-order valence-corrected chi connectivity index (χ4v) is 4.10. The smallest absolute Gasteiger partial charge is 0.251 e. The number of rotatable bonds is 5. The van der Waals surface area contributed by atoms with Crippen molar-refractivity contribution in [1.82, 2.24) is 10.2 Å². The summed E-state index contributed by atoms with van der Waals surface area (Å²) < 4.78 is 6.52. The summed E-state index contributed by atoms with van der Waals surface area (Å²) in [6, 6.07) is 12.1. The van der Waals surface area contributed by atoms with Crippen LogP contribution in [0.1, 0.15) is 21.3 Å². The zero-order chi connectivity index (χ0) is 16.1. The van der Waals surface area contributed by atoms with Crippen molar-refractivity contribution >= 4 is 39.8 Å². The molecule has 1 aromatic heterocycles. The van der Waals surface area contributed by atoms with E-state index in [9.17, 15) is 4.79 Å². The molecule has 0 aliphatic carbocycles. The Morgan fingerprint density at radius 3 is 2.83 bits per heavy atom. The first kappa shape index (κ1) is 16.9. The van der Waals surface area contributed by atoms with Gasteiger partial charge in [0.05, 0.1) is 19.3 Å². The summed E-state index contributed by atoms with van der Waals surface area (Å²) in [6.45, 7) is 3.94. The van der Waals surface area contributed by atoms with Gasteiger partial charge in [-0.25, -0.2) is 0 Å². The van der Waals surface area contributed by atoms with E-state index in [-0.39, 0.29) is 11.9 Å². The van der Waals surface area contributed by atoms with Crippen molar-refractivity contribution in [1.29, 1.82) is 0 Å². The van der Waals surface area contributed by atoms with Gasteiger partial charge >= 0.3 is 0 Å². The third kappa shape index (κ3) is 4.53. The summed E-state index contributed by atoms with van der Waals surface area (Å²) in [6.07, 6.45) is 0. The lowest BCUT2D eigenvalue weighted by Crippen LogP contribution is -2.43. The van der Waals surface area contributed by atoms with Crippen molar-refractivity contribution in [3.05, 3.63) is 55.8 Å². The van der Waals surface area contributed by atoms with Crippen LogP contribution in [0.4, 0.5) is 0 Å². The maximum absolute atomic E-state index is 12.4. The highest BCUT2D eigenvalue weighted by atomic mass is 127. The molecule has 23 heavy (non-hydrogen) atoms. The summed E-state index contributed by atoms with van der Waals surface area (Å²) in [5, 5.41) is 5.18. The van der Waals surface area contributed by atoms with E-state index in [0.717, 1.165) is 29.9 Å². The van der Waals surface area contributed by atoms with Crippen LogP contribution in [-0.4, -0.2) is 43.7 Å². The SMILES string of the molecule is O=C(NC[C@H](c1cccs1)N1CCOCC1)c1cccc(I)c1. The number of thiophene rings is 1. The van der Waals surface area contributed by atoms with E-state index in [0.29, 0.717) is 12.1 Å². The summed E-state index contributed by atoms with van der Waals surface area (Å²) in [5.74, 6) is -0.0154. The average molecular weight is 442 g/mol. The molecule has 2 aromatic rings. The Balaban J connectivity index is 1.67. The number of hydrogen-bond acceptors (Lipinski definition) is 4. The van der Waals surface area contributed by atoms with Crippen LogP contribution in [0.5, 0.6) is 0 Å². The van der Waals surface area contributed by atoms with Crippen molar-refractivity contribution in [3.8, 4) is 0 Å². The zero-order valence-corrected chi connectivity index (χ0v) is 15.7. The Morgan fingerprint density at radius 1 is 1.30 bits per heavy atom. The number of amides is 1. The molecule has 0 bridgehead atoms. The first-order valence-electron chi connectivity index (χ1n) is 7.63. The van der Waals surface area contributed by atoms with Gasteiger partial charge in [-0.1, -0.05) is 12.1 Å². The molecule has 122 valence electrons. The van der Waals surface area contributed by atoms with Gasteiger partial charge in [-0.05, 0) is 52.2 Å². The molecule has 4 nitrogen and oxygen atoms in total. The van der Waals surface area contributed by atoms with Gasteiger partial charge in [0.15, 0.2) is 0 Å². The number of hydrogen-bond donors (Lipinski definition) is 1. The number of halogens is 1. The number of benzene rings is 1. The second kappa shape index (κ2) is 8.23. The molecule has 0 unspecified atom stereocenters. The Bertz CT molecular complexity index is 642. The van der Waals surface area contributed by atoms with Crippen LogP contribution >= 0.6 is 33.9 Å². The lowest BCUT2D eigenvalue weighted by molar-refractivity contribution is 0.0169. The predicted octanol–water partition coefficient (Wildman–Crippen LogP) is 3.16. The summed E-state index contributed by atoms with van der Waals surface area (Å²) in [4.78, 5) is 16.1. The first-order chi connectivity index (χ1) is 11.2. The van der Waals surface area contributed by atoms with E-state index in [1.165, 1.54) is 4.88 Å². The number of ether oxygens (including phenoxy) is 1. The third-order valence-electron chi connectivity index (χ3n) is 3.90. The van der Waals surface area contributed by atoms with Crippen molar-refractivity contribution in [2.24, 2.45) is 0 Å². The number of nitrogens with one attached hydrogen (secondary N) is 1. The molecule has 1 amide bonds. The van der Waals surface area contributed by atoms with Crippen LogP contribution in [0.25, 0.3) is 0 Å². The quantitative estimate of drug-likeness (QED) is 0.724. The van der Waals surface area contributed by atoms with Crippen LogP contribution in [0.15, 0.2) is 41.8 Å². The molecule has 1 fully saturated rings. The fourth-order valence-electron chi connectivity index (χ4n) is 2.70. The van der Waals surface area contributed by atoms with Gasteiger partial charge in [-0.15, -0.1) is 11.3 Å². The van der Waals surface area contributed by atoms with Gasteiger partial charge in [0.1, 0.15) is 0 Å².